The van der Waals surface area contributed by atoms with Crippen molar-refractivity contribution in [1.29, 1.82) is 0 Å². The lowest BCUT2D eigenvalue weighted by Gasteiger charge is -2.38. The number of pyridine rings is 2. The van der Waals surface area contributed by atoms with Crippen LogP contribution in [0.5, 0.6) is 0 Å². The van der Waals surface area contributed by atoms with Crippen molar-refractivity contribution >= 4 is 51.3 Å². The van der Waals surface area contributed by atoms with Crippen molar-refractivity contribution in [3.63, 3.8) is 0 Å². The fourth-order valence-electron chi connectivity index (χ4n) is 9.91. The number of fused-ring (bicyclic) bond motifs is 6. The first kappa shape index (κ1) is 37.9. The summed E-state index contributed by atoms with van der Waals surface area (Å²) in [6.45, 7) is 10.6. The zero-order valence-electron chi connectivity index (χ0n) is 34.5. The second-order valence-electron chi connectivity index (χ2n) is 17.8. The fourth-order valence-corrected chi connectivity index (χ4v) is 11.1. The third kappa shape index (κ3) is 6.81. The van der Waals surface area contributed by atoms with Crippen LogP contribution in [0.2, 0.25) is 0 Å². The molecule has 5 aliphatic rings. The summed E-state index contributed by atoms with van der Waals surface area (Å²) in [6.07, 6.45) is 14.6. The van der Waals surface area contributed by atoms with Gasteiger partial charge >= 0.3 is 6.09 Å². The van der Waals surface area contributed by atoms with Gasteiger partial charge in [0, 0.05) is 84.4 Å². The molecule has 2 aromatic carbocycles. The number of piperazine rings is 1. The van der Waals surface area contributed by atoms with E-state index in [1.807, 2.05) is 71.6 Å². The topological polar surface area (TPSA) is 116 Å². The molecule has 1 amide bonds. The lowest BCUT2D eigenvalue weighted by molar-refractivity contribution is -0.0371. The Morgan fingerprint density at radius 3 is 1.83 bits per heavy atom. The molecule has 310 valence electrons. The maximum absolute atomic E-state index is 13.0. The summed E-state index contributed by atoms with van der Waals surface area (Å²) in [4.78, 5) is 32.0. The van der Waals surface area contributed by atoms with Gasteiger partial charge in [-0.05, 0) is 124 Å². The van der Waals surface area contributed by atoms with E-state index >= 15 is 0 Å². The van der Waals surface area contributed by atoms with Crippen LogP contribution in [0.3, 0.4) is 0 Å². The van der Waals surface area contributed by atoms with Gasteiger partial charge in [-0.15, -0.1) is 0 Å². The van der Waals surface area contributed by atoms with Crippen LogP contribution in [-0.4, -0.2) is 102 Å². The smallest absolute Gasteiger partial charge is 0.410 e. The minimum atomic E-state index is -0.504. The minimum absolute atomic E-state index is 0.0832. The van der Waals surface area contributed by atoms with Crippen LogP contribution in [0.15, 0.2) is 83.1 Å². The number of carbonyl (C=O) groups excluding carboxylic acids is 1. The van der Waals surface area contributed by atoms with Gasteiger partial charge < -0.3 is 24.0 Å². The van der Waals surface area contributed by atoms with Crippen molar-refractivity contribution in [3.05, 3.63) is 73.3 Å². The Bertz CT molecular complexity index is 2440. The Morgan fingerprint density at radius 2 is 1.33 bits per heavy atom. The van der Waals surface area contributed by atoms with Gasteiger partial charge in [-0.3, -0.25) is 4.90 Å². The average molecular weight is 826 g/mol. The molecular weight excluding hydrogens is 775 g/mol. The molecule has 9 heterocycles. The van der Waals surface area contributed by atoms with Gasteiger partial charge in [-0.1, -0.05) is 23.9 Å². The van der Waals surface area contributed by atoms with E-state index in [4.69, 9.17) is 34.4 Å². The predicted molar refractivity (Wildman–Crippen MR) is 231 cm³/mol. The number of benzene rings is 2. The monoisotopic (exact) mass is 825 g/mol. The normalized spacial score (nSPS) is 23.1. The largest absolute Gasteiger partial charge is 0.444 e. The Balaban J connectivity index is 0.924. The van der Waals surface area contributed by atoms with Crippen LogP contribution in [0.1, 0.15) is 78.2 Å². The van der Waals surface area contributed by atoms with E-state index in [1.54, 1.807) is 0 Å². The summed E-state index contributed by atoms with van der Waals surface area (Å²) in [6, 6.07) is 18.4. The number of likely N-dealkylation sites (tertiary alicyclic amines) is 2. The molecule has 13 nitrogen and oxygen atoms in total. The molecule has 4 saturated heterocycles. The number of hydrogen-bond acceptors (Lipinski definition) is 11. The van der Waals surface area contributed by atoms with Crippen LogP contribution in [-0.2, 0) is 14.2 Å². The zero-order valence-corrected chi connectivity index (χ0v) is 35.3. The van der Waals surface area contributed by atoms with E-state index in [1.165, 1.54) is 21.2 Å². The highest BCUT2D eigenvalue weighted by molar-refractivity contribution is 7.99. The highest BCUT2D eigenvalue weighted by atomic mass is 32.2. The van der Waals surface area contributed by atoms with E-state index in [0.29, 0.717) is 12.6 Å². The second kappa shape index (κ2) is 15.2. The zero-order chi connectivity index (χ0) is 40.5. The molecule has 11 rings (SSSR count). The molecular formula is C46H51N9O4S. The van der Waals surface area contributed by atoms with Gasteiger partial charge in [0.25, 0.3) is 0 Å². The number of nitrogens with zero attached hydrogens (tertiary/aromatic N) is 9. The summed E-state index contributed by atoms with van der Waals surface area (Å²) in [5, 5.41) is 11.6. The lowest BCUT2D eigenvalue weighted by Crippen LogP contribution is -2.51. The van der Waals surface area contributed by atoms with E-state index in [0.717, 1.165) is 122 Å². The van der Waals surface area contributed by atoms with Gasteiger partial charge in [0.15, 0.2) is 23.8 Å². The third-order valence-corrected chi connectivity index (χ3v) is 13.9. The van der Waals surface area contributed by atoms with Crippen LogP contribution in [0.25, 0.3) is 44.3 Å². The first-order valence-corrected chi connectivity index (χ1v) is 22.4. The minimum Gasteiger partial charge on any atom is -0.444 e. The molecule has 5 aliphatic heterocycles. The Hall–Kier alpha value is -5.02. The lowest BCUT2D eigenvalue weighted by atomic mass is 10.0. The average Bonchev–Trinajstić information content (AvgIpc) is 4.08. The second-order valence-corrected chi connectivity index (χ2v) is 18.9. The molecule has 2 unspecified atom stereocenters. The van der Waals surface area contributed by atoms with Crippen molar-refractivity contribution in [2.24, 2.45) is 0 Å². The van der Waals surface area contributed by atoms with Crippen molar-refractivity contribution in [1.82, 2.24) is 39.3 Å². The number of anilines is 2. The molecule has 2 bridgehead atoms. The van der Waals surface area contributed by atoms with Crippen molar-refractivity contribution in [2.45, 2.75) is 106 Å². The molecule has 0 aliphatic carbocycles. The Morgan fingerprint density at radius 1 is 0.750 bits per heavy atom. The van der Waals surface area contributed by atoms with E-state index in [-0.39, 0.29) is 24.6 Å². The van der Waals surface area contributed by atoms with Gasteiger partial charge in [-0.2, -0.15) is 10.2 Å². The maximum Gasteiger partial charge on any atom is 0.410 e. The number of carbonyl (C=O) groups is 1. The molecule has 0 saturated carbocycles. The molecule has 4 aromatic heterocycles. The van der Waals surface area contributed by atoms with Gasteiger partial charge in [0.05, 0.1) is 23.8 Å². The standard InChI is InChI=1S/C46H51N9O4S/c1-46(2,3)59-45(56)53-28-31-24-32(53)27-51(31)18-19-52-37-12-10-29(33-14-16-47-43-35(33)25-49-54(43)41-8-4-6-20-57-41)22-39(37)60-40-23-30(11-13-38(40)52)34-15-17-48-44-36(34)26-50-55(44)42-9-5-7-21-58-42/h10-17,22-23,25-26,31-32,41-42H,4-9,18-21,24,27-28H2,1-3H3/t31-,32-,41?,42?/m1/s1. The van der Waals surface area contributed by atoms with Gasteiger partial charge in [0.1, 0.15) is 5.60 Å². The third-order valence-electron chi connectivity index (χ3n) is 12.8. The molecule has 0 N–H and O–H groups in total. The first-order valence-electron chi connectivity index (χ1n) is 21.6. The highest BCUT2D eigenvalue weighted by Gasteiger charge is 2.46. The van der Waals surface area contributed by atoms with Crippen molar-refractivity contribution in [3.8, 4) is 22.3 Å². The van der Waals surface area contributed by atoms with Gasteiger partial charge in [-0.25, -0.2) is 24.1 Å². The van der Waals surface area contributed by atoms with E-state index in [9.17, 15) is 4.79 Å². The summed E-state index contributed by atoms with van der Waals surface area (Å²) in [5.41, 5.74) is 8.07. The summed E-state index contributed by atoms with van der Waals surface area (Å²) in [5.74, 6) is 0. The molecule has 6 aromatic rings. The molecule has 4 fully saturated rings. The molecule has 0 radical (unpaired) electrons. The van der Waals surface area contributed by atoms with E-state index in [2.05, 4.69) is 58.3 Å². The SMILES string of the molecule is CC(C)(C)OC(=O)N1C[C@H]2C[C@@H]1CN2CCN1c2ccc(-c3ccnc4c3cnn4C3CCCCO3)cc2Sc2cc(-c3ccnc4c3cnn4C3CCCCO3)ccc21. The molecule has 60 heavy (non-hydrogen) atoms. The van der Waals surface area contributed by atoms with E-state index < -0.39 is 5.60 Å². The summed E-state index contributed by atoms with van der Waals surface area (Å²) >= 11 is 1.82. The van der Waals surface area contributed by atoms with Crippen LogP contribution in [0.4, 0.5) is 16.2 Å². The van der Waals surface area contributed by atoms with Crippen molar-refractivity contribution in [2.75, 3.05) is 44.3 Å². The van der Waals surface area contributed by atoms with Crippen LogP contribution in [0, 0.1) is 0 Å². The van der Waals surface area contributed by atoms with Crippen molar-refractivity contribution < 1.29 is 19.0 Å². The summed E-state index contributed by atoms with van der Waals surface area (Å²) in [7, 11) is 0. The number of amides is 1. The number of rotatable bonds is 7. The highest BCUT2D eigenvalue weighted by Crippen LogP contribution is 2.51. The fraction of sp³-hybridized carbons (Fsp3) is 0.457. The van der Waals surface area contributed by atoms with Gasteiger partial charge in [0.2, 0.25) is 0 Å². The number of ether oxygens (including phenoxy) is 3. The predicted octanol–water partition coefficient (Wildman–Crippen LogP) is 9.20. The number of aromatic nitrogens is 6. The Kier molecular flexibility index (Phi) is 9.58. The molecule has 4 atom stereocenters. The maximum atomic E-state index is 13.0. The molecule has 14 heteroatoms. The quantitative estimate of drug-likeness (QED) is 0.153. The molecule has 0 spiro atoms. The Labute approximate surface area is 354 Å². The summed E-state index contributed by atoms with van der Waals surface area (Å²) < 4.78 is 21.9. The number of hydrogen-bond donors (Lipinski definition) is 0. The first-order chi connectivity index (χ1) is 29.3. The van der Waals surface area contributed by atoms with Crippen LogP contribution < -0.4 is 4.90 Å². The van der Waals surface area contributed by atoms with Crippen LogP contribution >= 0.6 is 11.8 Å².